The van der Waals surface area contributed by atoms with Crippen molar-refractivity contribution in [1.82, 2.24) is 9.62 Å². The van der Waals surface area contributed by atoms with E-state index in [0.717, 1.165) is 41.1 Å². The van der Waals surface area contributed by atoms with E-state index >= 15 is 0 Å². The van der Waals surface area contributed by atoms with E-state index in [0.29, 0.717) is 38.3 Å². The van der Waals surface area contributed by atoms with Gasteiger partial charge in [0.2, 0.25) is 10.0 Å². The third kappa shape index (κ3) is 5.16. The number of carbonyl (C=O) groups is 1. The molecule has 1 amide bonds. The number of amidine groups is 1. The molecule has 2 aliphatic heterocycles. The van der Waals surface area contributed by atoms with Crippen LogP contribution in [0.1, 0.15) is 68.1 Å². The molecule has 0 unspecified atom stereocenters. The second-order valence-electron chi connectivity index (χ2n) is 10.3. The Morgan fingerprint density at radius 3 is 2.26 bits per heavy atom. The van der Waals surface area contributed by atoms with Crippen LogP contribution in [0.5, 0.6) is 0 Å². The number of nitrogens with zero attached hydrogens (tertiary/aromatic N) is 3. The van der Waals surface area contributed by atoms with E-state index < -0.39 is 15.6 Å². The average Bonchev–Trinajstić information content (AvgIpc) is 2.96. The molecule has 188 valence electrons. The summed E-state index contributed by atoms with van der Waals surface area (Å²) in [5, 5.41) is 4.63. The van der Waals surface area contributed by atoms with Gasteiger partial charge in [0.1, 0.15) is 11.4 Å². The number of aryl methyl sites for hydroxylation is 2. The minimum absolute atomic E-state index is 0.0417. The molecule has 0 aromatic heterocycles. The molecule has 2 heterocycles. The van der Waals surface area contributed by atoms with Crippen LogP contribution in [0, 0.1) is 19.8 Å². The molecular formula is C25H39N5O3S. The molecule has 1 saturated heterocycles. The Morgan fingerprint density at radius 1 is 1.12 bits per heavy atom. The van der Waals surface area contributed by atoms with E-state index in [2.05, 4.69) is 5.32 Å². The highest BCUT2D eigenvalue weighted by Crippen LogP contribution is 2.34. The van der Waals surface area contributed by atoms with Gasteiger partial charge >= 0.3 is 0 Å². The van der Waals surface area contributed by atoms with Crippen molar-refractivity contribution >= 4 is 27.5 Å². The van der Waals surface area contributed by atoms with E-state index in [4.69, 9.17) is 10.8 Å². The van der Waals surface area contributed by atoms with Gasteiger partial charge in [-0.1, -0.05) is 25.7 Å². The first-order valence-electron chi connectivity index (χ1n) is 12.6. The van der Waals surface area contributed by atoms with Crippen molar-refractivity contribution in [2.45, 2.75) is 77.2 Å². The SMILES string of the molecule is Cc1cc(N(C)N)cc(C)c1CCS(=O)(=O)N1CCC2(CC1)N=C(C1CCCCCC1)NC2=O. The molecule has 1 aromatic carbocycles. The molecule has 3 N–H and O–H groups in total. The number of aliphatic imine (C=N–C) groups is 1. The highest BCUT2D eigenvalue weighted by Gasteiger charge is 2.48. The number of hydrazine groups is 1. The molecule has 0 bridgehead atoms. The Hall–Kier alpha value is -1.97. The van der Waals surface area contributed by atoms with Crippen LogP contribution in [0.25, 0.3) is 0 Å². The molecule has 0 atom stereocenters. The fourth-order valence-electron chi connectivity index (χ4n) is 5.69. The number of anilines is 1. The van der Waals surface area contributed by atoms with Gasteiger partial charge in [0.15, 0.2) is 0 Å². The minimum Gasteiger partial charge on any atom is -0.314 e. The second kappa shape index (κ2) is 9.95. The Bertz CT molecular complexity index is 1030. The molecular weight excluding hydrogens is 450 g/mol. The van der Waals surface area contributed by atoms with E-state index in [1.807, 2.05) is 26.0 Å². The van der Waals surface area contributed by atoms with Gasteiger partial charge in [-0.3, -0.25) is 9.79 Å². The normalized spacial score (nSPS) is 21.9. The quantitative estimate of drug-likeness (QED) is 0.363. The lowest BCUT2D eigenvalue weighted by molar-refractivity contribution is -0.125. The van der Waals surface area contributed by atoms with Gasteiger partial charge in [-0.2, -0.15) is 0 Å². The summed E-state index contributed by atoms with van der Waals surface area (Å²) in [5.74, 6) is 7.05. The highest BCUT2D eigenvalue weighted by atomic mass is 32.2. The standard InChI is InChI=1S/C25H39N5O3S/c1-18-16-21(29(3)26)17-19(2)22(18)10-15-34(32,33)30-13-11-25(12-14-30)24(31)27-23(28-25)20-8-6-4-5-7-9-20/h16-17,20H,4-15,26H2,1-3H3,(H,27,28,31). The molecule has 1 saturated carbocycles. The Kier molecular flexibility index (Phi) is 7.36. The van der Waals surface area contributed by atoms with Gasteiger partial charge in [0.25, 0.3) is 5.91 Å². The summed E-state index contributed by atoms with van der Waals surface area (Å²) in [5.41, 5.74) is 3.26. The first kappa shape index (κ1) is 25.1. The molecule has 4 rings (SSSR count). The van der Waals surface area contributed by atoms with E-state index in [9.17, 15) is 13.2 Å². The van der Waals surface area contributed by atoms with Crippen molar-refractivity contribution < 1.29 is 13.2 Å². The summed E-state index contributed by atoms with van der Waals surface area (Å²) in [6.07, 6.45) is 8.39. The van der Waals surface area contributed by atoms with Crippen LogP contribution >= 0.6 is 0 Å². The van der Waals surface area contributed by atoms with Crippen molar-refractivity contribution in [2.75, 3.05) is 30.9 Å². The van der Waals surface area contributed by atoms with Gasteiger partial charge in [0.05, 0.1) is 11.4 Å². The van der Waals surface area contributed by atoms with Gasteiger partial charge in [-0.05, 0) is 74.8 Å². The zero-order valence-corrected chi connectivity index (χ0v) is 21.6. The van der Waals surface area contributed by atoms with Crippen LogP contribution in [0.3, 0.4) is 0 Å². The number of benzene rings is 1. The largest absolute Gasteiger partial charge is 0.314 e. The summed E-state index contributed by atoms with van der Waals surface area (Å²) >= 11 is 0. The summed E-state index contributed by atoms with van der Waals surface area (Å²) in [7, 11) is -1.64. The van der Waals surface area contributed by atoms with Gasteiger partial charge in [-0.15, -0.1) is 0 Å². The third-order valence-electron chi connectivity index (χ3n) is 7.88. The Labute approximate surface area is 204 Å². The van der Waals surface area contributed by atoms with Gasteiger partial charge < -0.3 is 10.3 Å². The number of amides is 1. The van der Waals surface area contributed by atoms with Crippen LogP contribution in [-0.2, 0) is 21.2 Å². The lowest BCUT2D eigenvalue weighted by Gasteiger charge is -2.34. The van der Waals surface area contributed by atoms with Crippen LogP contribution in [0.2, 0.25) is 0 Å². The number of carbonyl (C=O) groups excluding carboxylic acids is 1. The van der Waals surface area contributed by atoms with Crippen LogP contribution in [-0.4, -0.2) is 55.9 Å². The third-order valence-corrected chi connectivity index (χ3v) is 9.75. The molecule has 1 aliphatic carbocycles. The number of piperidine rings is 1. The first-order chi connectivity index (χ1) is 16.1. The fourth-order valence-corrected chi connectivity index (χ4v) is 7.15. The zero-order valence-electron chi connectivity index (χ0n) is 20.8. The van der Waals surface area contributed by atoms with Crippen molar-refractivity contribution in [3.05, 3.63) is 28.8 Å². The van der Waals surface area contributed by atoms with Crippen LogP contribution in [0.4, 0.5) is 5.69 Å². The van der Waals surface area contributed by atoms with E-state index in [-0.39, 0.29) is 11.7 Å². The predicted octanol–water partition coefficient (Wildman–Crippen LogP) is 2.82. The molecule has 3 aliphatic rings. The van der Waals surface area contributed by atoms with Gasteiger partial charge in [-0.25, -0.2) is 18.6 Å². The van der Waals surface area contributed by atoms with Crippen LogP contribution in [0.15, 0.2) is 17.1 Å². The maximum atomic E-state index is 13.2. The van der Waals surface area contributed by atoms with Crippen molar-refractivity contribution in [1.29, 1.82) is 0 Å². The summed E-state index contributed by atoms with van der Waals surface area (Å²) < 4.78 is 27.9. The molecule has 34 heavy (non-hydrogen) atoms. The zero-order chi connectivity index (χ0) is 24.5. The number of sulfonamides is 1. The summed E-state index contributed by atoms with van der Waals surface area (Å²) in [4.78, 5) is 17.8. The molecule has 0 radical (unpaired) electrons. The maximum Gasteiger partial charge on any atom is 0.253 e. The maximum absolute atomic E-state index is 13.2. The molecule has 9 heteroatoms. The molecule has 1 aromatic rings. The minimum atomic E-state index is -3.43. The smallest absolute Gasteiger partial charge is 0.253 e. The number of nitrogens with one attached hydrogen (secondary N) is 1. The predicted molar refractivity (Wildman–Crippen MR) is 136 cm³/mol. The lowest BCUT2D eigenvalue weighted by atomic mass is 9.89. The lowest BCUT2D eigenvalue weighted by Crippen LogP contribution is -2.51. The monoisotopic (exact) mass is 489 g/mol. The first-order valence-corrected chi connectivity index (χ1v) is 14.2. The fraction of sp³-hybridized carbons (Fsp3) is 0.680. The molecule has 2 fully saturated rings. The summed E-state index contributed by atoms with van der Waals surface area (Å²) in [6, 6.07) is 3.98. The van der Waals surface area contributed by atoms with Crippen molar-refractivity contribution in [3.63, 3.8) is 0 Å². The van der Waals surface area contributed by atoms with E-state index in [1.165, 1.54) is 25.7 Å². The topological polar surface area (TPSA) is 108 Å². The number of nitrogens with two attached hydrogens (primary N) is 1. The number of rotatable bonds is 6. The number of hydrogen-bond acceptors (Lipinski definition) is 6. The van der Waals surface area contributed by atoms with Crippen molar-refractivity contribution in [3.8, 4) is 0 Å². The van der Waals surface area contributed by atoms with Crippen LogP contribution < -0.4 is 16.2 Å². The molecule has 8 nitrogen and oxygen atoms in total. The number of hydrogen-bond donors (Lipinski definition) is 2. The van der Waals surface area contributed by atoms with Gasteiger partial charge in [0, 0.05) is 26.1 Å². The van der Waals surface area contributed by atoms with E-state index in [1.54, 1.807) is 16.4 Å². The van der Waals surface area contributed by atoms with Crippen molar-refractivity contribution in [2.24, 2.45) is 16.8 Å². The Morgan fingerprint density at radius 2 is 1.71 bits per heavy atom. The molecule has 1 spiro atoms. The summed E-state index contributed by atoms with van der Waals surface area (Å²) in [6.45, 7) is 4.67. The average molecular weight is 490 g/mol. The Balaban J connectivity index is 1.39. The highest BCUT2D eigenvalue weighted by molar-refractivity contribution is 7.89. The second-order valence-corrected chi connectivity index (χ2v) is 12.4.